The van der Waals surface area contributed by atoms with E-state index in [2.05, 4.69) is 10.2 Å². The average molecular weight is 185 g/mol. The van der Waals surface area contributed by atoms with Gasteiger partial charge in [0, 0.05) is 0 Å². The third kappa shape index (κ3) is 1.17. The predicted molar refractivity (Wildman–Crippen MR) is 32.0 cm³/mol. The lowest BCUT2D eigenvalue weighted by atomic mass is 10.5. The quantitative estimate of drug-likeness (QED) is 0.618. The van der Waals surface area contributed by atoms with Crippen molar-refractivity contribution in [3.05, 3.63) is 21.9 Å². The summed E-state index contributed by atoms with van der Waals surface area (Å²) in [6.07, 6.45) is 0. The first kappa shape index (κ1) is 7.63. The Balaban J connectivity index is 3.34. The van der Waals surface area contributed by atoms with E-state index in [-0.39, 0.29) is 0 Å². The number of aromatic nitrogens is 2. The second kappa shape index (κ2) is 2.64. The topological polar surface area (TPSA) is 25.8 Å². The highest BCUT2D eigenvalue weighted by Gasteiger charge is 2.11. The fourth-order valence-electron chi connectivity index (χ4n) is 0.357. The fourth-order valence-corrected chi connectivity index (χ4v) is 0.588. The Morgan fingerprint density at radius 3 is 1.50 bits per heavy atom. The normalized spacial score (nSPS) is 10.0. The highest BCUT2D eigenvalue weighted by molar-refractivity contribution is 6.41. The molecule has 0 atom stereocenters. The molecule has 0 aliphatic heterocycles. The second-order valence-corrected chi connectivity index (χ2v) is 2.17. The van der Waals surface area contributed by atoms with Crippen LogP contribution in [0.5, 0.6) is 0 Å². The molecule has 0 saturated carbocycles. The maximum absolute atomic E-state index is 12.2. The van der Waals surface area contributed by atoms with Gasteiger partial charge < -0.3 is 0 Å². The fraction of sp³-hybridized carbons (Fsp3) is 0. The third-order valence-electron chi connectivity index (χ3n) is 0.781. The molecule has 0 aliphatic rings. The standard InChI is InChI=1S/C4Cl2F2N2/c5-1-2(6)4(8)10-9-3(1)7. The van der Waals surface area contributed by atoms with Gasteiger partial charge in [0.05, 0.1) is 0 Å². The summed E-state index contributed by atoms with van der Waals surface area (Å²) in [7, 11) is 0. The van der Waals surface area contributed by atoms with Gasteiger partial charge in [-0.1, -0.05) is 23.2 Å². The molecule has 0 fully saturated rings. The number of hydrogen-bond donors (Lipinski definition) is 0. The van der Waals surface area contributed by atoms with E-state index in [0.717, 1.165) is 0 Å². The molecule has 1 heterocycles. The van der Waals surface area contributed by atoms with Gasteiger partial charge in [-0.3, -0.25) is 0 Å². The summed E-state index contributed by atoms with van der Waals surface area (Å²) >= 11 is 10.3. The lowest BCUT2D eigenvalue weighted by molar-refractivity contribution is 0.508. The predicted octanol–water partition coefficient (Wildman–Crippen LogP) is 2.06. The van der Waals surface area contributed by atoms with Crippen molar-refractivity contribution in [2.75, 3.05) is 0 Å². The summed E-state index contributed by atoms with van der Waals surface area (Å²) in [5.41, 5.74) is 0. The molecule has 0 N–H and O–H groups in total. The summed E-state index contributed by atoms with van der Waals surface area (Å²) in [4.78, 5) is 0. The van der Waals surface area contributed by atoms with Crippen LogP contribution in [0.25, 0.3) is 0 Å². The lowest BCUT2D eigenvalue weighted by Crippen LogP contribution is -1.94. The molecule has 0 aromatic carbocycles. The van der Waals surface area contributed by atoms with Crippen molar-refractivity contribution in [3.63, 3.8) is 0 Å². The molecule has 0 aliphatic carbocycles. The highest BCUT2D eigenvalue weighted by atomic mass is 35.5. The van der Waals surface area contributed by atoms with E-state index in [1.165, 1.54) is 0 Å². The van der Waals surface area contributed by atoms with Crippen LogP contribution < -0.4 is 0 Å². The van der Waals surface area contributed by atoms with E-state index in [0.29, 0.717) is 0 Å². The number of halogens is 4. The van der Waals surface area contributed by atoms with E-state index in [4.69, 9.17) is 23.2 Å². The Labute approximate surface area is 64.8 Å². The van der Waals surface area contributed by atoms with E-state index in [1.54, 1.807) is 0 Å². The molecule has 54 valence electrons. The first-order valence-electron chi connectivity index (χ1n) is 2.15. The molecule has 0 amide bonds. The number of rotatable bonds is 0. The molecule has 0 spiro atoms. The highest BCUT2D eigenvalue weighted by Crippen LogP contribution is 2.23. The summed E-state index contributed by atoms with van der Waals surface area (Å²) in [6, 6.07) is 0. The van der Waals surface area contributed by atoms with Gasteiger partial charge in [-0.25, -0.2) is 0 Å². The zero-order valence-corrected chi connectivity index (χ0v) is 5.92. The molecule has 0 saturated heterocycles. The van der Waals surface area contributed by atoms with Gasteiger partial charge in [0.25, 0.3) is 11.9 Å². The summed E-state index contributed by atoms with van der Waals surface area (Å²) in [5.74, 6) is -2.15. The summed E-state index contributed by atoms with van der Waals surface area (Å²) in [5, 5.41) is 4.37. The van der Waals surface area contributed by atoms with Gasteiger partial charge in [0.1, 0.15) is 10.0 Å². The van der Waals surface area contributed by atoms with Crippen LogP contribution in [-0.2, 0) is 0 Å². The van der Waals surface area contributed by atoms with Crippen LogP contribution in [0.4, 0.5) is 8.78 Å². The number of hydrogen-bond acceptors (Lipinski definition) is 2. The molecule has 10 heavy (non-hydrogen) atoms. The van der Waals surface area contributed by atoms with Crippen molar-refractivity contribution >= 4 is 23.2 Å². The molecule has 1 rings (SSSR count). The molecular formula is C4Cl2F2N2. The van der Waals surface area contributed by atoms with Gasteiger partial charge in [-0.05, 0) is 0 Å². The van der Waals surface area contributed by atoms with E-state index < -0.39 is 21.9 Å². The molecular weight excluding hydrogens is 185 g/mol. The molecule has 6 heteroatoms. The minimum absolute atomic E-state index is 0.547. The molecule has 0 radical (unpaired) electrons. The number of nitrogens with zero attached hydrogens (tertiary/aromatic N) is 2. The van der Waals surface area contributed by atoms with Crippen LogP contribution in [0, 0.1) is 11.9 Å². The summed E-state index contributed by atoms with van der Waals surface area (Å²) < 4.78 is 24.4. The monoisotopic (exact) mass is 184 g/mol. The Kier molecular flexibility index (Phi) is 2.01. The summed E-state index contributed by atoms with van der Waals surface area (Å²) in [6.45, 7) is 0. The smallest absolute Gasteiger partial charge is 0.181 e. The van der Waals surface area contributed by atoms with Gasteiger partial charge in [0.15, 0.2) is 0 Å². The van der Waals surface area contributed by atoms with Gasteiger partial charge in [-0.15, -0.1) is 10.2 Å². The molecule has 1 aromatic rings. The van der Waals surface area contributed by atoms with Crippen LogP contribution in [-0.4, -0.2) is 10.2 Å². The molecule has 0 bridgehead atoms. The van der Waals surface area contributed by atoms with Gasteiger partial charge in [-0.2, -0.15) is 8.78 Å². The van der Waals surface area contributed by atoms with Crippen LogP contribution in [0.1, 0.15) is 0 Å². The maximum atomic E-state index is 12.2. The van der Waals surface area contributed by atoms with Gasteiger partial charge in [0.2, 0.25) is 0 Å². The van der Waals surface area contributed by atoms with Crippen molar-refractivity contribution < 1.29 is 8.78 Å². The Morgan fingerprint density at radius 1 is 0.900 bits per heavy atom. The molecule has 1 aromatic heterocycles. The third-order valence-corrected chi connectivity index (χ3v) is 1.57. The first-order chi connectivity index (χ1) is 4.63. The zero-order valence-electron chi connectivity index (χ0n) is 4.41. The van der Waals surface area contributed by atoms with Gasteiger partial charge >= 0.3 is 0 Å². The van der Waals surface area contributed by atoms with E-state index >= 15 is 0 Å². The minimum atomic E-state index is -1.08. The van der Waals surface area contributed by atoms with Crippen molar-refractivity contribution in [2.45, 2.75) is 0 Å². The van der Waals surface area contributed by atoms with Crippen LogP contribution in [0.3, 0.4) is 0 Å². The van der Waals surface area contributed by atoms with Crippen LogP contribution >= 0.6 is 23.2 Å². The largest absolute Gasteiger partial charge is 0.253 e. The van der Waals surface area contributed by atoms with E-state index in [9.17, 15) is 8.78 Å². The molecule has 2 nitrogen and oxygen atoms in total. The Hall–Kier alpha value is -0.480. The van der Waals surface area contributed by atoms with Crippen molar-refractivity contribution in [3.8, 4) is 0 Å². The Bertz CT molecular complexity index is 239. The van der Waals surface area contributed by atoms with Crippen molar-refractivity contribution in [1.82, 2.24) is 10.2 Å². The first-order valence-corrected chi connectivity index (χ1v) is 2.91. The average Bonchev–Trinajstić information content (AvgIpc) is 1.93. The Morgan fingerprint density at radius 2 is 1.20 bits per heavy atom. The second-order valence-electron chi connectivity index (χ2n) is 1.41. The van der Waals surface area contributed by atoms with Crippen molar-refractivity contribution in [2.24, 2.45) is 0 Å². The van der Waals surface area contributed by atoms with Crippen LogP contribution in [0.2, 0.25) is 10.0 Å². The zero-order chi connectivity index (χ0) is 7.72. The van der Waals surface area contributed by atoms with Crippen molar-refractivity contribution in [1.29, 1.82) is 0 Å². The lowest BCUT2D eigenvalue weighted by Gasteiger charge is -1.93. The van der Waals surface area contributed by atoms with E-state index in [1.807, 2.05) is 0 Å². The van der Waals surface area contributed by atoms with Crippen LogP contribution in [0.15, 0.2) is 0 Å². The SMILES string of the molecule is Fc1nnc(F)c(Cl)c1Cl. The maximum Gasteiger partial charge on any atom is 0.253 e. The molecule has 0 unspecified atom stereocenters. The minimum Gasteiger partial charge on any atom is -0.181 e.